The molecular weight excluding hydrogens is 226 g/mol. The number of allylic oxidation sites excluding steroid dienone is 2. The van der Waals surface area contributed by atoms with Crippen LogP contribution in [-0.2, 0) is 4.79 Å². The Morgan fingerprint density at radius 2 is 2.11 bits per heavy atom. The SMILES string of the molecule is CC1(C)C=C(NCC[NH+]2CC[NH2+]CC2)CC(=O)C1. The predicted molar refractivity (Wildman–Crippen MR) is 71.3 cm³/mol. The first-order valence-electron chi connectivity index (χ1n) is 7.18. The molecule has 1 saturated heterocycles. The predicted octanol–water partition coefficient (Wildman–Crippen LogP) is -1.69. The van der Waals surface area contributed by atoms with Gasteiger partial charge in [0.25, 0.3) is 0 Å². The zero-order valence-electron chi connectivity index (χ0n) is 11.7. The molecule has 4 N–H and O–H groups in total. The topological polar surface area (TPSA) is 50.1 Å². The summed E-state index contributed by atoms with van der Waals surface area (Å²) in [5.41, 5.74) is 1.17. The molecule has 0 spiro atoms. The molecule has 102 valence electrons. The van der Waals surface area contributed by atoms with Gasteiger partial charge in [-0.25, -0.2) is 0 Å². The quantitative estimate of drug-likeness (QED) is 0.560. The second-order valence-electron chi connectivity index (χ2n) is 6.34. The summed E-state index contributed by atoms with van der Waals surface area (Å²) in [6.45, 7) is 11.5. The Morgan fingerprint density at radius 3 is 2.78 bits per heavy atom. The second kappa shape index (κ2) is 5.85. The van der Waals surface area contributed by atoms with Gasteiger partial charge in [-0.3, -0.25) is 4.79 Å². The Kier molecular flexibility index (Phi) is 4.40. The van der Waals surface area contributed by atoms with E-state index in [1.165, 1.54) is 32.7 Å². The van der Waals surface area contributed by atoms with Crippen molar-refractivity contribution in [3.8, 4) is 0 Å². The molecule has 1 aliphatic carbocycles. The summed E-state index contributed by atoms with van der Waals surface area (Å²) in [7, 11) is 0. The molecule has 0 atom stereocenters. The summed E-state index contributed by atoms with van der Waals surface area (Å²) in [6.07, 6.45) is 3.53. The maximum absolute atomic E-state index is 11.7. The number of nitrogens with two attached hydrogens (primary N) is 1. The number of hydrogen-bond acceptors (Lipinski definition) is 2. The maximum atomic E-state index is 11.7. The van der Waals surface area contributed by atoms with Crippen LogP contribution in [0.5, 0.6) is 0 Å². The van der Waals surface area contributed by atoms with Crippen molar-refractivity contribution in [2.24, 2.45) is 5.41 Å². The van der Waals surface area contributed by atoms with Crippen LogP contribution in [0.4, 0.5) is 0 Å². The number of quaternary nitrogens is 2. The molecule has 1 aliphatic heterocycles. The summed E-state index contributed by atoms with van der Waals surface area (Å²) < 4.78 is 0. The van der Waals surface area contributed by atoms with E-state index in [-0.39, 0.29) is 5.41 Å². The Labute approximate surface area is 110 Å². The van der Waals surface area contributed by atoms with E-state index >= 15 is 0 Å². The van der Waals surface area contributed by atoms with Gasteiger partial charge in [0.05, 0.1) is 13.1 Å². The molecule has 0 aromatic heterocycles. The highest BCUT2D eigenvalue weighted by atomic mass is 16.1. The fourth-order valence-corrected chi connectivity index (χ4v) is 3.00. The van der Waals surface area contributed by atoms with Gasteiger partial charge < -0.3 is 15.5 Å². The average molecular weight is 253 g/mol. The van der Waals surface area contributed by atoms with E-state index in [1.807, 2.05) is 0 Å². The molecule has 18 heavy (non-hydrogen) atoms. The minimum Gasteiger partial charge on any atom is -0.383 e. The normalized spacial score (nSPS) is 24.8. The minimum absolute atomic E-state index is 0.0323. The van der Waals surface area contributed by atoms with Crippen LogP contribution in [0.2, 0.25) is 0 Å². The van der Waals surface area contributed by atoms with Gasteiger partial charge in [-0.15, -0.1) is 0 Å². The molecule has 0 aromatic rings. The van der Waals surface area contributed by atoms with Crippen LogP contribution in [0.1, 0.15) is 26.7 Å². The van der Waals surface area contributed by atoms with Crippen molar-refractivity contribution >= 4 is 5.78 Å². The zero-order valence-corrected chi connectivity index (χ0v) is 11.7. The van der Waals surface area contributed by atoms with E-state index < -0.39 is 0 Å². The van der Waals surface area contributed by atoms with Crippen LogP contribution in [0, 0.1) is 5.41 Å². The first kappa shape index (κ1) is 13.6. The van der Waals surface area contributed by atoms with Gasteiger partial charge in [0.1, 0.15) is 32.0 Å². The van der Waals surface area contributed by atoms with E-state index in [4.69, 9.17) is 0 Å². The second-order valence-corrected chi connectivity index (χ2v) is 6.34. The number of ketones is 1. The zero-order chi connectivity index (χ0) is 13.0. The molecule has 2 rings (SSSR count). The maximum Gasteiger partial charge on any atom is 0.139 e. The van der Waals surface area contributed by atoms with Crippen molar-refractivity contribution < 1.29 is 15.0 Å². The summed E-state index contributed by atoms with van der Waals surface area (Å²) in [6, 6.07) is 0. The molecule has 0 bridgehead atoms. The molecule has 0 radical (unpaired) electrons. The third-order valence-electron chi connectivity index (χ3n) is 3.84. The molecule has 1 fully saturated rings. The van der Waals surface area contributed by atoms with Crippen molar-refractivity contribution in [1.29, 1.82) is 0 Å². The number of piperazine rings is 1. The Hall–Kier alpha value is -0.870. The summed E-state index contributed by atoms with van der Waals surface area (Å²) >= 11 is 0. The number of hydrogen-bond donors (Lipinski definition) is 3. The molecular formula is C14H27N3O+2. The molecule has 4 nitrogen and oxygen atoms in total. The lowest BCUT2D eigenvalue weighted by molar-refractivity contribution is -0.945. The van der Waals surface area contributed by atoms with Gasteiger partial charge in [0.2, 0.25) is 0 Å². The molecule has 0 aromatic carbocycles. The van der Waals surface area contributed by atoms with Crippen molar-refractivity contribution in [3.05, 3.63) is 11.8 Å². The first-order chi connectivity index (χ1) is 8.55. The van der Waals surface area contributed by atoms with Crippen LogP contribution in [0.15, 0.2) is 11.8 Å². The minimum atomic E-state index is 0.0323. The Morgan fingerprint density at radius 1 is 1.39 bits per heavy atom. The molecule has 0 unspecified atom stereocenters. The van der Waals surface area contributed by atoms with E-state index in [0.29, 0.717) is 18.6 Å². The molecule has 0 amide bonds. The van der Waals surface area contributed by atoms with Crippen LogP contribution < -0.4 is 15.5 Å². The standard InChI is InChI=1S/C14H25N3O/c1-14(2)10-12(9-13(18)11-14)16-5-8-17-6-3-15-4-7-17/h10,15-16H,3-9,11H2,1-2H3/p+2. The lowest BCUT2D eigenvalue weighted by atomic mass is 9.81. The third-order valence-corrected chi connectivity index (χ3v) is 3.84. The number of Topliss-reactive ketones (excluding diaryl/α,β-unsaturated/α-hetero) is 1. The number of nitrogens with one attached hydrogen (secondary N) is 2. The monoisotopic (exact) mass is 253 g/mol. The third kappa shape index (κ3) is 4.10. The van der Waals surface area contributed by atoms with Crippen molar-refractivity contribution in [2.45, 2.75) is 26.7 Å². The van der Waals surface area contributed by atoms with Crippen LogP contribution in [0.25, 0.3) is 0 Å². The van der Waals surface area contributed by atoms with Gasteiger partial charge in [0.15, 0.2) is 0 Å². The van der Waals surface area contributed by atoms with E-state index in [1.54, 1.807) is 4.90 Å². The van der Waals surface area contributed by atoms with E-state index in [0.717, 1.165) is 12.2 Å². The van der Waals surface area contributed by atoms with Crippen molar-refractivity contribution in [1.82, 2.24) is 5.32 Å². The van der Waals surface area contributed by atoms with Crippen molar-refractivity contribution in [2.75, 3.05) is 39.3 Å². The Balaban J connectivity index is 1.75. The van der Waals surface area contributed by atoms with Crippen LogP contribution >= 0.6 is 0 Å². The lowest BCUT2D eigenvalue weighted by Gasteiger charge is -2.28. The first-order valence-corrected chi connectivity index (χ1v) is 7.18. The number of carbonyl (C=O) groups is 1. The van der Waals surface area contributed by atoms with E-state index in [9.17, 15) is 4.79 Å². The molecule has 0 saturated carbocycles. The Bertz CT molecular complexity index is 330. The molecule has 1 heterocycles. The van der Waals surface area contributed by atoms with E-state index in [2.05, 4.69) is 30.6 Å². The summed E-state index contributed by atoms with van der Waals surface area (Å²) in [5, 5.41) is 5.85. The summed E-state index contributed by atoms with van der Waals surface area (Å²) in [4.78, 5) is 13.4. The number of rotatable bonds is 4. The molecule has 2 aliphatic rings. The van der Waals surface area contributed by atoms with Gasteiger partial charge in [0, 0.05) is 18.5 Å². The fraction of sp³-hybridized carbons (Fsp3) is 0.786. The van der Waals surface area contributed by atoms with Crippen LogP contribution in [-0.4, -0.2) is 45.1 Å². The fourth-order valence-electron chi connectivity index (χ4n) is 3.00. The van der Waals surface area contributed by atoms with Gasteiger partial charge in [-0.1, -0.05) is 19.9 Å². The van der Waals surface area contributed by atoms with Crippen molar-refractivity contribution in [3.63, 3.8) is 0 Å². The highest BCUT2D eigenvalue weighted by Gasteiger charge is 2.26. The number of carbonyl (C=O) groups excluding carboxylic acids is 1. The average Bonchev–Trinajstić information content (AvgIpc) is 2.27. The lowest BCUT2D eigenvalue weighted by Crippen LogP contribution is -3.20. The van der Waals surface area contributed by atoms with Gasteiger partial charge >= 0.3 is 0 Å². The summed E-state index contributed by atoms with van der Waals surface area (Å²) in [5.74, 6) is 0.366. The highest BCUT2D eigenvalue weighted by Crippen LogP contribution is 2.29. The van der Waals surface area contributed by atoms with Gasteiger partial charge in [-0.05, 0) is 5.41 Å². The molecule has 4 heteroatoms. The highest BCUT2D eigenvalue weighted by molar-refractivity contribution is 5.83. The van der Waals surface area contributed by atoms with Gasteiger partial charge in [-0.2, -0.15) is 0 Å². The van der Waals surface area contributed by atoms with Crippen LogP contribution in [0.3, 0.4) is 0 Å². The smallest absolute Gasteiger partial charge is 0.139 e. The largest absolute Gasteiger partial charge is 0.383 e.